The van der Waals surface area contributed by atoms with Gasteiger partial charge >= 0.3 is 0 Å². The third kappa shape index (κ3) is 4.47. The predicted molar refractivity (Wildman–Crippen MR) is 121 cm³/mol. The minimum absolute atomic E-state index is 0.0485. The number of hydrogen-bond acceptors (Lipinski definition) is 8. The van der Waals surface area contributed by atoms with Crippen molar-refractivity contribution in [2.75, 3.05) is 50.1 Å². The Kier molecular flexibility index (Phi) is 6.20. The van der Waals surface area contributed by atoms with E-state index in [-0.39, 0.29) is 23.9 Å². The minimum atomic E-state index is -3.94. The van der Waals surface area contributed by atoms with E-state index in [9.17, 15) is 13.2 Å². The van der Waals surface area contributed by atoms with Crippen LogP contribution in [0, 0.1) is 0 Å². The topological polar surface area (TPSA) is 134 Å². The quantitative estimate of drug-likeness (QED) is 0.536. The number of ether oxygens (including phenoxy) is 1. The molecule has 0 saturated carbocycles. The molecule has 12 heteroatoms. The summed E-state index contributed by atoms with van der Waals surface area (Å²) in [7, 11) is -1.85. The lowest BCUT2D eigenvalue weighted by Gasteiger charge is -2.34. The van der Waals surface area contributed by atoms with E-state index in [1.807, 2.05) is 18.2 Å². The van der Waals surface area contributed by atoms with Gasteiger partial charge in [-0.1, -0.05) is 0 Å². The van der Waals surface area contributed by atoms with Gasteiger partial charge in [0.05, 0.1) is 22.3 Å². The van der Waals surface area contributed by atoms with Gasteiger partial charge in [-0.2, -0.15) is 17.6 Å². The van der Waals surface area contributed by atoms with Gasteiger partial charge in [-0.3, -0.25) is 9.59 Å². The van der Waals surface area contributed by atoms with Crippen LogP contribution in [0.25, 0.3) is 10.9 Å². The molecule has 0 aliphatic carbocycles. The van der Waals surface area contributed by atoms with Crippen LogP contribution in [0.5, 0.6) is 5.75 Å². The van der Waals surface area contributed by atoms with Crippen LogP contribution in [-0.2, 0) is 19.6 Å². The van der Waals surface area contributed by atoms with Gasteiger partial charge < -0.3 is 25.0 Å². The number of carboxylic acid groups (broad SMARTS) is 1. The van der Waals surface area contributed by atoms with Crippen LogP contribution in [0.2, 0.25) is 0 Å². The molecule has 0 radical (unpaired) electrons. The summed E-state index contributed by atoms with van der Waals surface area (Å²) in [5.41, 5.74) is 1.95. The smallest absolute Gasteiger partial charge is 0.290 e. The first-order chi connectivity index (χ1) is 15.8. The maximum atomic E-state index is 13.3. The van der Waals surface area contributed by atoms with Crippen molar-refractivity contribution in [2.24, 2.45) is 0 Å². The molecule has 2 aliphatic heterocycles. The van der Waals surface area contributed by atoms with Crippen molar-refractivity contribution < 1.29 is 27.9 Å². The highest BCUT2D eigenvalue weighted by Crippen LogP contribution is 2.32. The Bertz CT molecular complexity index is 1300. The van der Waals surface area contributed by atoms with E-state index in [1.165, 1.54) is 18.2 Å². The molecule has 0 spiro atoms. The van der Waals surface area contributed by atoms with Crippen LogP contribution in [0.15, 0.2) is 47.5 Å². The monoisotopic (exact) mass is 473 g/mol. The number of hydrogen-bond donors (Lipinski definition) is 2. The van der Waals surface area contributed by atoms with Gasteiger partial charge in [0.15, 0.2) is 6.61 Å². The van der Waals surface area contributed by atoms with Crippen molar-refractivity contribution in [3.05, 3.63) is 42.6 Å². The Balaban J connectivity index is 0.000000821. The fourth-order valence-electron chi connectivity index (χ4n) is 3.75. The van der Waals surface area contributed by atoms with Crippen molar-refractivity contribution in [2.45, 2.75) is 4.90 Å². The molecule has 3 heterocycles. The fourth-order valence-corrected chi connectivity index (χ4v) is 5.04. The average Bonchev–Trinajstić information content (AvgIpc) is 3.24. The number of nitrogens with zero attached hydrogens (tertiary/aromatic N) is 4. The first kappa shape index (κ1) is 22.6. The first-order valence-electron chi connectivity index (χ1n) is 10.1. The number of piperazine rings is 1. The van der Waals surface area contributed by atoms with Gasteiger partial charge in [-0.15, -0.1) is 0 Å². The summed E-state index contributed by atoms with van der Waals surface area (Å²) in [5.74, 6) is 0.0536. The molecule has 1 saturated heterocycles. The lowest BCUT2D eigenvalue weighted by atomic mass is 10.2. The highest BCUT2D eigenvalue weighted by Gasteiger charge is 2.25. The number of carbonyl (C=O) groups excluding carboxylic acids is 1. The normalized spacial score (nSPS) is 16.3. The molecule has 3 aromatic rings. The van der Waals surface area contributed by atoms with Crippen LogP contribution in [0.1, 0.15) is 0 Å². The second-order valence-corrected chi connectivity index (χ2v) is 9.39. The zero-order valence-corrected chi connectivity index (χ0v) is 18.7. The molecular formula is C21H23N5O6S. The maximum Gasteiger partial charge on any atom is 0.290 e. The zero-order chi connectivity index (χ0) is 23.6. The SMILES string of the molecule is CN1CCN(c2ccc3cnn(S(=O)(=O)c4ccc5c(c4)OCC(=O)N5)c3c2)CC1.O=CO. The van der Waals surface area contributed by atoms with E-state index in [2.05, 4.69) is 27.3 Å². The van der Waals surface area contributed by atoms with Crippen molar-refractivity contribution >= 4 is 44.7 Å². The van der Waals surface area contributed by atoms with E-state index in [4.69, 9.17) is 14.6 Å². The third-order valence-corrected chi connectivity index (χ3v) is 7.10. The van der Waals surface area contributed by atoms with Crippen LogP contribution in [0.4, 0.5) is 11.4 Å². The number of amides is 1. The van der Waals surface area contributed by atoms with Gasteiger partial charge in [0.1, 0.15) is 5.75 Å². The van der Waals surface area contributed by atoms with Gasteiger partial charge in [0.2, 0.25) is 0 Å². The lowest BCUT2D eigenvalue weighted by molar-refractivity contribution is -0.123. The Morgan fingerprint density at radius 2 is 1.85 bits per heavy atom. The standard InChI is InChI=1S/C20H21N5O4S.CH2O2/c1-23-6-8-24(9-7-23)15-3-2-14-12-21-25(18(14)10-15)30(27,28)16-4-5-17-19(11-16)29-13-20(26)22-17;2-1-3/h2-5,10-12H,6-9,13H2,1H3,(H,22,26);1H,(H,2,3). The van der Waals surface area contributed by atoms with Crippen LogP contribution < -0.4 is 15.0 Å². The molecule has 2 aromatic carbocycles. The molecular weight excluding hydrogens is 450 g/mol. The summed E-state index contributed by atoms with van der Waals surface area (Å²) in [6.45, 7) is 3.30. The summed E-state index contributed by atoms with van der Waals surface area (Å²) < 4.78 is 33.1. The van der Waals surface area contributed by atoms with E-state index in [1.54, 1.807) is 6.20 Å². The lowest BCUT2D eigenvalue weighted by Crippen LogP contribution is -2.44. The number of anilines is 2. The average molecular weight is 474 g/mol. The molecule has 2 N–H and O–H groups in total. The van der Waals surface area contributed by atoms with Crippen LogP contribution >= 0.6 is 0 Å². The minimum Gasteiger partial charge on any atom is -0.483 e. The molecule has 1 fully saturated rings. The molecule has 0 atom stereocenters. The number of nitrogens with one attached hydrogen (secondary N) is 1. The first-order valence-corrected chi connectivity index (χ1v) is 11.6. The van der Waals surface area contributed by atoms with Gasteiger partial charge in [-0.25, -0.2) is 0 Å². The second-order valence-electron chi connectivity index (χ2n) is 7.63. The van der Waals surface area contributed by atoms with Crippen molar-refractivity contribution in [3.63, 3.8) is 0 Å². The number of fused-ring (bicyclic) bond motifs is 2. The zero-order valence-electron chi connectivity index (χ0n) is 17.8. The number of likely N-dealkylation sites (N-methyl/N-ethyl adjacent to an activating group) is 1. The fraction of sp³-hybridized carbons (Fsp3) is 0.286. The summed E-state index contributed by atoms with van der Waals surface area (Å²) in [6.07, 6.45) is 1.55. The largest absolute Gasteiger partial charge is 0.483 e. The van der Waals surface area contributed by atoms with Crippen molar-refractivity contribution in [3.8, 4) is 5.75 Å². The third-order valence-electron chi connectivity index (χ3n) is 5.50. The summed E-state index contributed by atoms with van der Waals surface area (Å²) >= 11 is 0. The van der Waals surface area contributed by atoms with E-state index >= 15 is 0 Å². The molecule has 0 bridgehead atoms. The molecule has 0 unspecified atom stereocenters. The second kappa shape index (κ2) is 9.08. The van der Waals surface area contributed by atoms with Crippen molar-refractivity contribution in [1.29, 1.82) is 0 Å². The number of rotatable bonds is 3. The molecule has 2 aliphatic rings. The number of benzene rings is 2. The van der Waals surface area contributed by atoms with E-state index in [0.717, 1.165) is 41.3 Å². The van der Waals surface area contributed by atoms with Gasteiger partial charge in [-0.05, 0) is 37.4 Å². The van der Waals surface area contributed by atoms with Gasteiger partial charge in [0.25, 0.3) is 22.4 Å². The summed E-state index contributed by atoms with van der Waals surface area (Å²) in [5, 5.41) is 14.5. The highest BCUT2D eigenvalue weighted by molar-refractivity contribution is 7.90. The number of carbonyl (C=O) groups is 2. The van der Waals surface area contributed by atoms with Crippen LogP contribution in [-0.4, -0.2) is 79.8 Å². The molecule has 33 heavy (non-hydrogen) atoms. The maximum absolute atomic E-state index is 13.3. The van der Waals surface area contributed by atoms with Crippen LogP contribution in [0.3, 0.4) is 0 Å². The molecule has 11 nitrogen and oxygen atoms in total. The number of aromatic nitrogens is 2. The highest BCUT2D eigenvalue weighted by atomic mass is 32.2. The Morgan fingerprint density at radius 3 is 2.58 bits per heavy atom. The Labute approximate surface area is 190 Å². The Hall–Kier alpha value is -3.64. The van der Waals surface area contributed by atoms with Crippen molar-refractivity contribution in [1.82, 2.24) is 14.1 Å². The summed E-state index contributed by atoms with van der Waals surface area (Å²) in [4.78, 5) is 24.4. The molecule has 5 rings (SSSR count). The molecule has 1 amide bonds. The van der Waals surface area contributed by atoms with Gasteiger partial charge in [0, 0.05) is 43.3 Å². The van der Waals surface area contributed by atoms with E-state index < -0.39 is 10.0 Å². The predicted octanol–water partition coefficient (Wildman–Crippen LogP) is 1.06. The van der Waals surface area contributed by atoms with E-state index in [0.29, 0.717) is 17.0 Å². The summed E-state index contributed by atoms with van der Waals surface area (Å²) in [6, 6.07) is 10.2. The molecule has 174 valence electrons. The Morgan fingerprint density at radius 1 is 1.12 bits per heavy atom. The molecule has 1 aromatic heterocycles.